The van der Waals surface area contributed by atoms with Crippen LogP contribution in [-0.2, 0) is 0 Å². The molecule has 0 saturated heterocycles. The summed E-state index contributed by atoms with van der Waals surface area (Å²) in [6.07, 6.45) is 7.80. The first-order valence-corrected chi connectivity index (χ1v) is 17.8. The fraction of sp³-hybridized carbons (Fsp3) is 0.0400. The number of aryl methyl sites for hydroxylation is 2. The summed E-state index contributed by atoms with van der Waals surface area (Å²) in [7, 11) is 0. The number of anilines is 6. The first kappa shape index (κ1) is 35.0. The van der Waals surface area contributed by atoms with E-state index in [9.17, 15) is 5.26 Å². The average molecular weight is 695 g/mol. The lowest BCUT2D eigenvalue weighted by Gasteiger charge is -2.25. The Morgan fingerprint density at radius 3 is 1.31 bits per heavy atom. The maximum absolute atomic E-state index is 10.1. The second-order valence-corrected chi connectivity index (χ2v) is 13.1. The van der Waals surface area contributed by atoms with Gasteiger partial charge in [-0.25, -0.2) is 4.85 Å². The van der Waals surface area contributed by atoms with E-state index in [0.29, 0.717) is 22.4 Å². The zero-order valence-corrected chi connectivity index (χ0v) is 30.3. The zero-order valence-electron chi connectivity index (χ0n) is 30.3. The molecule has 7 rings (SSSR count). The van der Waals surface area contributed by atoms with Crippen LogP contribution in [0.25, 0.3) is 29.1 Å². The van der Waals surface area contributed by atoms with E-state index in [1.54, 1.807) is 12.1 Å². The van der Waals surface area contributed by atoms with Crippen LogP contribution in [0.3, 0.4) is 0 Å². The van der Waals surface area contributed by atoms with E-state index < -0.39 is 0 Å². The van der Waals surface area contributed by atoms with E-state index in [2.05, 4.69) is 156 Å². The van der Waals surface area contributed by atoms with E-state index in [1.807, 2.05) is 60.7 Å². The molecular weight excluding hydrogens is 657 g/mol. The monoisotopic (exact) mass is 694 g/mol. The average Bonchev–Trinajstić information content (AvgIpc) is 3.21. The Kier molecular flexibility index (Phi) is 10.6. The van der Waals surface area contributed by atoms with Crippen LogP contribution in [0.15, 0.2) is 170 Å². The molecule has 0 unspecified atom stereocenters. The van der Waals surface area contributed by atoms with Crippen LogP contribution in [0.2, 0.25) is 0 Å². The molecule has 0 radical (unpaired) electrons. The van der Waals surface area contributed by atoms with Crippen molar-refractivity contribution in [1.29, 1.82) is 5.26 Å². The first-order chi connectivity index (χ1) is 26.5. The highest BCUT2D eigenvalue weighted by atomic mass is 15.1. The van der Waals surface area contributed by atoms with Gasteiger partial charge in [0.1, 0.15) is 0 Å². The zero-order chi connectivity index (χ0) is 37.3. The molecule has 0 aliphatic carbocycles. The topological polar surface area (TPSA) is 34.6 Å². The maximum atomic E-state index is 10.1. The van der Waals surface area contributed by atoms with E-state index in [0.717, 1.165) is 45.3 Å². The molecule has 0 aliphatic heterocycles. The van der Waals surface area contributed by atoms with E-state index in [-0.39, 0.29) is 0 Å². The number of hydrogen-bond acceptors (Lipinski definition) is 3. The number of nitriles is 1. The molecular formula is C50H38N4. The van der Waals surface area contributed by atoms with E-state index in [1.165, 1.54) is 11.1 Å². The minimum absolute atomic E-state index is 0.489. The number of para-hydroxylation sites is 2. The largest absolute Gasteiger partial charge is 0.310 e. The SMILES string of the molecule is [C-]#[N+]c1cc(C=Cc2ccc(N(c3ccccc3)c3cccc(C)c3)cc2)c(C#N)cc1C=Cc1ccc(N(c2ccccc2)c2cccc(C)c2)cc1. The molecule has 258 valence electrons. The van der Waals surface area contributed by atoms with Crippen molar-refractivity contribution in [1.82, 2.24) is 0 Å². The molecule has 0 N–H and O–H groups in total. The highest BCUT2D eigenvalue weighted by Gasteiger charge is 2.14. The lowest BCUT2D eigenvalue weighted by molar-refractivity contribution is 1.27. The number of benzene rings is 7. The Morgan fingerprint density at radius 2 is 0.889 bits per heavy atom. The molecule has 0 bridgehead atoms. The van der Waals surface area contributed by atoms with Gasteiger partial charge in [-0.15, -0.1) is 0 Å². The summed E-state index contributed by atoms with van der Waals surface area (Å²) < 4.78 is 0. The van der Waals surface area contributed by atoms with E-state index >= 15 is 0 Å². The molecule has 7 aromatic carbocycles. The van der Waals surface area contributed by atoms with Crippen molar-refractivity contribution in [2.24, 2.45) is 0 Å². The van der Waals surface area contributed by atoms with Crippen LogP contribution < -0.4 is 9.80 Å². The van der Waals surface area contributed by atoms with Gasteiger partial charge in [-0.05, 0) is 132 Å². The first-order valence-electron chi connectivity index (χ1n) is 17.8. The van der Waals surface area contributed by atoms with Gasteiger partial charge in [0.05, 0.1) is 18.2 Å². The van der Waals surface area contributed by atoms with Crippen molar-refractivity contribution in [3.05, 3.63) is 220 Å². The third-order valence-electron chi connectivity index (χ3n) is 9.20. The predicted molar refractivity (Wildman–Crippen MR) is 227 cm³/mol. The summed E-state index contributed by atoms with van der Waals surface area (Å²) >= 11 is 0. The molecule has 0 fully saturated rings. The Balaban J connectivity index is 1.11. The molecule has 0 aromatic heterocycles. The Labute approximate surface area is 318 Å². The molecule has 0 amide bonds. The summed E-state index contributed by atoms with van der Waals surface area (Å²) in [6.45, 7) is 12.1. The predicted octanol–water partition coefficient (Wildman–Crippen LogP) is 14.0. The van der Waals surface area contributed by atoms with Crippen molar-refractivity contribution in [2.75, 3.05) is 9.80 Å². The van der Waals surface area contributed by atoms with Crippen molar-refractivity contribution in [2.45, 2.75) is 13.8 Å². The Hall–Kier alpha value is -7.40. The summed E-state index contributed by atoms with van der Waals surface area (Å²) in [5, 5.41) is 10.1. The van der Waals surface area contributed by atoms with Crippen LogP contribution in [0.4, 0.5) is 39.8 Å². The van der Waals surface area contributed by atoms with Crippen molar-refractivity contribution in [3.63, 3.8) is 0 Å². The fourth-order valence-electron chi connectivity index (χ4n) is 6.51. The number of hydrogen-bond donors (Lipinski definition) is 0. The normalized spacial score (nSPS) is 11.0. The molecule has 0 saturated carbocycles. The van der Waals surface area contributed by atoms with E-state index in [4.69, 9.17) is 6.57 Å². The molecule has 0 heterocycles. The minimum Gasteiger partial charge on any atom is -0.310 e. The van der Waals surface area contributed by atoms with Gasteiger partial charge in [-0.3, -0.25) is 0 Å². The smallest absolute Gasteiger partial charge is 0.194 e. The molecule has 54 heavy (non-hydrogen) atoms. The van der Waals surface area contributed by atoms with Gasteiger partial charge < -0.3 is 9.80 Å². The highest BCUT2D eigenvalue weighted by Crippen LogP contribution is 2.37. The standard InChI is InChI=1S/C50H38N4/c1-37-12-10-18-48(32-37)53(44-14-6-4-7-15-44)46-28-22-39(23-29-46)20-26-41-35-50(52-3)42(34-43(41)36-51)27-21-40-24-30-47(31-25-40)54(45-16-8-5-9-17-45)49-19-11-13-38(2)33-49/h4-35H,1-2H3. The van der Waals surface area contributed by atoms with Gasteiger partial charge in [0.25, 0.3) is 0 Å². The Bertz CT molecular complexity index is 2340. The van der Waals surface area contributed by atoms with Gasteiger partial charge in [-0.1, -0.05) is 109 Å². The minimum atomic E-state index is 0.489. The van der Waals surface area contributed by atoms with Gasteiger partial charge in [0, 0.05) is 34.1 Å². The van der Waals surface area contributed by atoms with Crippen molar-refractivity contribution >= 4 is 64.1 Å². The molecule has 0 aliphatic rings. The van der Waals surface area contributed by atoms with Crippen LogP contribution in [0, 0.1) is 31.8 Å². The van der Waals surface area contributed by atoms with Crippen LogP contribution in [-0.4, -0.2) is 0 Å². The molecule has 0 spiro atoms. The van der Waals surface area contributed by atoms with Gasteiger partial charge in [0.2, 0.25) is 0 Å². The quantitative estimate of drug-likeness (QED) is 0.106. The lowest BCUT2D eigenvalue weighted by atomic mass is 10.0. The number of nitrogens with zero attached hydrogens (tertiary/aromatic N) is 4. The van der Waals surface area contributed by atoms with Crippen molar-refractivity contribution < 1.29 is 0 Å². The summed E-state index contributed by atoms with van der Waals surface area (Å²) in [4.78, 5) is 8.30. The molecule has 0 atom stereocenters. The maximum Gasteiger partial charge on any atom is 0.194 e. The lowest BCUT2D eigenvalue weighted by Crippen LogP contribution is -2.09. The summed E-state index contributed by atoms with van der Waals surface area (Å²) in [5.74, 6) is 0. The number of rotatable bonds is 10. The summed E-state index contributed by atoms with van der Waals surface area (Å²) in [6, 6.07) is 60.3. The van der Waals surface area contributed by atoms with Gasteiger partial charge in [0.15, 0.2) is 5.69 Å². The van der Waals surface area contributed by atoms with Crippen molar-refractivity contribution in [3.8, 4) is 6.07 Å². The highest BCUT2D eigenvalue weighted by molar-refractivity contribution is 5.84. The molecule has 4 heteroatoms. The third kappa shape index (κ3) is 8.05. The second kappa shape index (κ2) is 16.3. The Morgan fingerprint density at radius 1 is 0.463 bits per heavy atom. The summed E-state index contributed by atoms with van der Waals surface area (Å²) in [5.41, 5.74) is 13.2. The van der Waals surface area contributed by atoms with Crippen LogP contribution in [0.1, 0.15) is 38.9 Å². The molecule has 7 aromatic rings. The van der Waals surface area contributed by atoms with Crippen LogP contribution >= 0.6 is 0 Å². The van der Waals surface area contributed by atoms with Gasteiger partial charge in [-0.2, -0.15) is 5.26 Å². The third-order valence-corrected chi connectivity index (χ3v) is 9.20. The fourth-order valence-corrected chi connectivity index (χ4v) is 6.51. The van der Waals surface area contributed by atoms with Gasteiger partial charge >= 0.3 is 0 Å². The molecule has 4 nitrogen and oxygen atoms in total. The second-order valence-electron chi connectivity index (χ2n) is 13.1. The van der Waals surface area contributed by atoms with Crippen LogP contribution in [0.5, 0.6) is 0 Å².